The summed E-state index contributed by atoms with van der Waals surface area (Å²) in [4.78, 5) is 15.0. The van der Waals surface area contributed by atoms with E-state index in [2.05, 4.69) is 0 Å². The first-order chi connectivity index (χ1) is 17.9. The van der Waals surface area contributed by atoms with Crippen LogP contribution in [0.1, 0.15) is 36.1 Å². The summed E-state index contributed by atoms with van der Waals surface area (Å²) in [6.45, 7) is 0. The van der Waals surface area contributed by atoms with Crippen LogP contribution in [-0.2, 0) is 4.79 Å². The zero-order valence-corrected chi connectivity index (χ0v) is 20.4. The van der Waals surface area contributed by atoms with Gasteiger partial charge in [0.15, 0.2) is 0 Å². The maximum atomic E-state index is 13.6. The topological polar surface area (TPSA) is 49.8 Å². The van der Waals surface area contributed by atoms with E-state index in [1.54, 1.807) is 36.3 Å². The number of anilines is 1. The Balaban J connectivity index is 1.38. The minimum absolute atomic E-state index is 0.0675. The number of carbonyl (C=O) groups is 1. The molecule has 5 rings (SSSR count). The summed E-state index contributed by atoms with van der Waals surface area (Å²) in [6, 6.07) is 27.3. The van der Waals surface area contributed by atoms with Crippen molar-refractivity contribution in [1.29, 1.82) is 0 Å². The summed E-state index contributed by atoms with van der Waals surface area (Å²) >= 11 is 0. The molecule has 0 aromatic heterocycles. The molecule has 1 amide bonds. The average molecular weight is 500 g/mol. The van der Waals surface area contributed by atoms with Gasteiger partial charge >= 0.3 is 0 Å². The van der Waals surface area contributed by atoms with Crippen molar-refractivity contribution in [2.45, 2.75) is 25.0 Å². The lowest BCUT2D eigenvalue weighted by Gasteiger charge is -2.48. The van der Waals surface area contributed by atoms with E-state index in [-0.39, 0.29) is 29.5 Å². The van der Waals surface area contributed by atoms with Gasteiger partial charge in [-0.2, -0.15) is 0 Å². The van der Waals surface area contributed by atoms with E-state index in [0.717, 1.165) is 22.4 Å². The number of methoxy groups -OCH3 is 1. The Morgan fingerprint density at radius 1 is 0.811 bits per heavy atom. The van der Waals surface area contributed by atoms with Crippen LogP contribution in [0.2, 0.25) is 0 Å². The van der Waals surface area contributed by atoms with Gasteiger partial charge in [-0.3, -0.25) is 4.79 Å². The zero-order valence-electron chi connectivity index (χ0n) is 20.4. The van der Waals surface area contributed by atoms with Crippen LogP contribution >= 0.6 is 0 Å². The van der Waals surface area contributed by atoms with Crippen molar-refractivity contribution in [3.63, 3.8) is 0 Å². The van der Waals surface area contributed by atoms with E-state index in [0.29, 0.717) is 24.1 Å². The van der Waals surface area contributed by atoms with Crippen molar-refractivity contribution < 1.29 is 23.4 Å². The fraction of sp³-hybridized carbons (Fsp3) is 0.194. The maximum absolute atomic E-state index is 13.6. The van der Waals surface area contributed by atoms with Gasteiger partial charge in [-0.25, -0.2) is 8.78 Å². The van der Waals surface area contributed by atoms with Crippen LogP contribution in [0.5, 0.6) is 5.75 Å². The van der Waals surface area contributed by atoms with Crippen LogP contribution in [-0.4, -0.2) is 18.1 Å². The van der Waals surface area contributed by atoms with Crippen LogP contribution in [0, 0.1) is 17.6 Å². The highest BCUT2D eigenvalue weighted by molar-refractivity contribution is 6.03. The van der Waals surface area contributed by atoms with E-state index in [1.165, 1.54) is 24.3 Å². The number of amides is 1. The summed E-state index contributed by atoms with van der Waals surface area (Å²) in [6.07, 6.45) is 0.0195. The number of hydrogen-bond acceptors (Lipinski definition) is 3. The molecule has 1 aliphatic heterocycles. The Bertz CT molecular complexity index is 1350. The summed E-state index contributed by atoms with van der Waals surface area (Å²) in [5.74, 6) is -0.350. The van der Waals surface area contributed by atoms with Crippen molar-refractivity contribution in [1.82, 2.24) is 0 Å². The van der Waals surface area contributed by atoms with Crippen molar-refractivity contribution in [3.05, 3.63) is 120 Å². The number of hydrogen-bond donors (Lipinski definition) is 1. The first kappa shape index (κ1) is 24.7. The third-order valence-electron chi connectivity index (χ3n) is 7.00. The Labute approximate surface area is 214 Å². The lowest BCUT2D eigenvalue weighted by molar-refractivity contribution is -0.131. The van der Waals surface area contributed by atoms with Gasteiger partial charge in [0.1, 0.15) is 17.4 Å². The lowest BCUT2D eigenvalue weighted by Crippen LogP contribution is -2.55. The van der Waals surface area contributed by atoms with Crippen LogP contribution in [0.15, 0.2) is 97.1 Å². The van der Waals surface area contributed by atoms with Gasteiger partial charge in [-0.15, -0.1) is 0 Å². The molecule has 1 N–H and O–H groups in total. The third kappa shape index (κ3) is 5.11. The number of nitrogens with zero attached hydrogens (tertiary/aromatic N) is 1. The van der Waals surface area contributed by atoms with Gasteiger partial charge in [0.25, 0.3) is 0 Å². The highest BCUT2D eigenvalue weighted by Gasteiger charge is 2.48. The molecule has 4 aromatic carbocycles. The molecule has 1 heterocycles. The predicted molar refractivity (Wildman–Crippen MR) is 139 cm³/mol. The van der Waals surface area contributed by atoms with Gasteiger partial charge < -0.3 is 14.7 Å². The van der Waals surface area contributed by atoms with Crippen LogP contribution in [0.4, 0.5) is 14.5 Å². The fourth-order valence-electron chi connectivity index (χ4n) is 4.95. The molecule has 6 heteroatoms. The minimum atomic E-state index is -0.800. The second-order valence-corrected chi connectivity index (χ2v) is 9.23. The molecule has 0 radical (unpaired) electrons. The quantitative estimate of drug-likeness (QED) is 0.270. The summed E-state index contributed by atoms with van der Waals surface area (Å²) in [7, 11) is 1.63. The number of rotatable bonds is 8. The molecular weight excluding hydrogens is 472 g/mol. The molecule has 37 heavy (non-hydrogen) atoms. The lowest BCUT2D eigenvalue weighted by atomic mass is 9.78. The molecule has 0 bridgehead atoms. The summed E-state index contributed by atoms with van der Waals surface area (Å²) in [5.41, 5.74) is 4.29. The smallest absolute Gasteiger partial charge is 0.233 e. The van der Waals surface area contributed by atoms with Crippen molar-refractivity contribution >= 4 is 11.6 Å². The molecule has 0 spiro atoms. The number of ether oxygens (including phenoxy) is 1. The van der Waals surface area contributed by atoms with Crippen LogP contribution < -0.4 is 9.64 Å². The molecule has 3 atom stereocenters. The SMILES string of the molecule is COc1ccc(-c2ccc([C@@H]3[C@@H](CC[C@H](O)c4ccc(F)cc4)C(=O)N3c3ccc(F)cc3)cc2)cc1. The maximum Gasteiger partial charge on any atom is 0.233 e. The number of benzene rings is 4. The number of β-lactam (4-membered cyclic amide) rings is 1. The van der Waals surface area contributed by atoms with Gasteiger partial charge in [-0.1, -0.05) is 48.5 Å². The highest BCUT2D eigenvalue weighted by atomic mass is 19.1. The minimum Gasteiger partial charge on any atom is -0.497 e. The molecular formula is C31H27F2NO3. The Kier molecular flexibility index (Phi) is 7.01. The number of aliphatic hydroxyl groups excluding tert-OH is 1. The molecule has 0 saturated carbocycles. The number of halogens is 2. The largest absolute Gasteiger partial charge is 0.497 e. The van der Waals surface area contributed by atoms with Gasteiger partial charge in [-0.05, 0) is 83.6 Å². The van der Waals surface area contributed by atoms with Crippen LogP contribution in [0.25, 0.3) is 11.1 Å². The van der Waals surface area contributed by atoms with Crippen molar-refractivity contribution in [2.75, 3.05) is 12.0 Å². The summed E-state index contributed by atoms with van der Waals surface area (Å²) in [5, 5.41) is 10.6. The molecule has 0 aliphatic carbocycles. The highest BCUT2D eigenvalue weighted by Crippen LogP contribution is 2.46. The zero-order chi connectivity index (χ0) is 25.9. The van der Waals surface area contributed by atoms with Crippen molar-refractivity contribution in [3.8, 4) is 16.9 Å². The van der Waals surface area contributed by atoms with E-state index in [1.807, 2.05) is 48.5 Å². The van der Waals surface area contributed by atoms with E-state index >= 15 is 0 Å². The van der Waals surface area contributed by atoms with E-state index < -0.39 is 6.10 Å². The second kappa shape index (κ2) is 10.5. The third-order valence-corrected chi connectivity index (χ3v) is 7.00. The summed E-state index contributed by atoms with van der Waals surface area (Å²) < 4.78 is 32.0. The Morgan fingerprint density at radius 3 is 1.92 bits per heavy atom. The number of aliphatic hydroxyl groups is 1. The first-order valence-corrected chi connectivity index (χ1v) is 12.2. The van der Waals surface area contributed by atoms with Crippen LogP contribution in [0.3, 0.4) is 0 Å². The Hall–Kier alpha value is -4.03. The van der Waals surface area contributed by atoms with E-state index in [4.69, 9.17) is 4.74 Å². The monoisotopic (exact) mass is 499 g/mol. The molecule has 4 nitrogen and oxygen atoms in total. The van der Waals surface area contributed by atoms with Gasteiger partial charge in [0, 0.05) is 5.69 Å². The number of carbonyl (C=O) groups excluding carboxylic acids is 1. The predicted octanol–water partition coefficient (Wildman–Crippen LogP) is 6.86. The molecule has 1 aliphatic rings. The molecule has 1 fully saturated rings. The standard InChI is InChI=1S/C31H27F2NO3/c1-37-27-16-8-21(9-17-27)20-2-4-23(5-3-20)30-28(18-19-29(35)22-6-10-24(32)11-7-22)31(36)34(30)26-14-12-25(33)13-15-26/h2-17,28-30,35H,18-19H2,1H3/t28-,29+,30-/m1/s1. The second-order valence-electron chi connectivity index (χ2n) is 9.23. The molecule has 0 unspecified atom stereocenters. The van der Waals surface area contributed by atoms with Gasteiger partial charge in [0.05, 0.1) is 25.2 Å². The first-order valence-electron chi connectivity index (χ1n) is 12.2. The molecule has 188 valence electrons. The van der Waals surface area contributed by atoms with Gasteiger partial charge in [0.2, 0.25) is 5.91 Å². The van der Waals surface area contributed by atoms with E-state index in [9.17, 15) is 18.7 Å². The molecule has 4 aromatic rings. The average Bonchev–Trinajstić information content (AvgIpc) is 2.93. The normalized spacial score (nSPS) is 17.8. The molecule has 1 saturated heterocycles. The van der Waals surface area contributed by atoms with Crippen molar-refractivity contribution in [2.24, 2.45) is 5.92 Å². The Morgan fingerprint density at radius 2 is 1.35 bits per heavy atom. The fourth-order valence-corrected chi connectivity index (χ4v) is 4.95.